The monoisotopic (exact) mass is 457 g/mol. The van der Waals surface area contributed by atoms with Crippen molar-refractivity contribution in [1.82, 2.24) is 4.90 Å². The summed E-state index contributed by atoms with van der Waals surface area (Å²) in [5.41, 5.74) is 0.439. The van der Waals surface area contributed by atoms with Crippen LogP contribution in [0, 0.1) is 5.82 Å². The first kappa shape index (κ1) is 23.8. The van der Waals surface area contributed by atoms with Gasteiger partial charge in [-0.05, 0) is 54.8 Å². The van der Waals surface area contributed by atoms with Crippen molar-refractivity contribution in [3.8, 4) is 11.5 Å². The Morgan fingerprint density at radius 1 is 1.06 bits per heavy atom. The maximum absolute atomic E-state index is 13.3. The number of amides is 1. The maximum atomic E-state index is 13.3. The second-order valence-corrected chi connectivity index (χ2v) is 7.64. The first-order chi connectivity index (χ1) is 15.7. The van der Waals surface area contributed by atoms with Gasteiger partial charge in [0.1, 0.15) is 11.6 Å². The molecule has 0 bridgehead atoms. The molecule has 3 rings (SSSR count). The number of nitrogens with zero attached hydrogens (tertiary/aromatic N) is 1. The smallest absolute Gasteiger partial charge is 0.303 e. The molecule has 2 aromatic rings. The van der Waals surface area contributed by atoms with Gasteiger partial charge in [-0.1, -0.05) is 12.5 Å². The number of carbonyl (C=O) groups is 3. The number of aliphatic hydroxyl groups excluding tert-OH is 1. The minimum Gasteiger partial charge on any atom is -0.507 e. The number of ketones is 1. The highest BCUT2D eigenvalue weighted by atomic mass is 19.1. The van der Waals surface area contributed by atoms with E-state index in [4.69, 9.17) is 9.84 Å². The van der Waals surface area contributed by atoms with Crippen LogP contribution in [0.3, 0.4) is 0 Å². The van der Waals surface area contributed by atoms with E-state index < -0.39 is 35.3 Å². The number of carboxylic acid groups (broad SMARTS) is 1. The van der Waals surface area contributed by atoms with Crippen molar-refractivity contribution in [2.24, 2.45) is 0 Å². The number of aromatic hydroxyl groups is 1. The average Bonchev–Trinajstić information content (AvgIpc) is 3.04. The van der Waals surface area contributed by atoms with E-state index in [-0.39, 0.29) is 35.6 Å². The number of unbranched alkanes of at least 4 members (excludes halogenated alkanes) is 2. The van der Waals surface area contributed by atoms with E-state index in [1.54, 1.807) is 0 Å². The number of rotatable bonds is 9. The molecule has 174 valence electrons. The Balaban J connectivity index is 2.02. The fourth-order valence-corrected chi connectivity index (χ4v) is 3.82. The van der Waals surface area contributed by atoms with E-state index >= 15 is 0 Å². The summed E-state index contributed by atoms with van der Waals surface area (Å²) >= 11 is 0. The summed E-state index contributed by atoms with van der Waals surface area (Å²) in [6.07, 6.45) is 1.40. The molecule has 1 atom stereocenters. The molecule has 0 aromatic heterocycles. The van der Waals surface area contributed by atoms with E-state index in [1.165, 1.54) is 42.3 Å². The number of carbonyl (C=O) groups excluding carboxylic acids is 2. The van der Waals surface area contributed by atoms with Crippen LogP contribution < -0.4 is 4.74 Å². The number of hydrogen-bond donors (Lipinski definition) is 3. The summed E-state index contributed by atoms with van der Waals surface area (Å²) < 4.78 is 18.5. The molecular weight excluding hydrogens is 433 g/mol. The zero-order valence-corrected chi connectivity index (χ0v) is 18.0. The molecule has 1 amide bonds. The zero-order valence-electron chi connectivity index (χ0n) is 18.0. The van der Waals surface area contributed by atoms with E-state index in [9.17, 15) is 29.0 Å². The Kier molecular flexibility index (Phi) is 7.32. The number of aliphatic carboxylic acids is 1. The Bertz CT molecular complexity index is 1090. The van der Waals surface area contributed by atoms with Gasteiger partial charge in [0, 0.05) is 18.5 Å². The van der Waals surface area contributed by atoms with Crippen molar-refractivity contribution < 1.29 is 38.8 Å². The third-order valence-electron chi connectivity index (χ3n) is 5.47. The Morgan fingerprint density at radius 3 is 2.39 bits per heavy atom. The van der Waals surface area contributed by atoms with Crippen LogP contribution in [-0.2, 0) is 14.4 Å². The highest BCUT2D eigenvalue weighted by Crippen LogP contribution is 2.41. The molecule has 2 aromatic carbocycles. The molecule has 3 N–H and O–H groups in total. The molecule has 1 aliphatic heterocycles. The molecule has 0 aliphatic carbocycles. The number of methoxy groups -OCH3 is 1. The van der Waals surface area contributed by atoms with Gasteiger partial charge >= 0.3 is 5.97 Å². The lowest BCUT2D eigenvalue weighted by molar-refractivity contribution is -0.140. The van der Waals surface area contributed by atoms with E-state index in [0.717, 1.165) is 12.1 Å². The molecule has 0 radical (unpaired) electrons. The van der Waals surface area contributed by atoms with Crippen molar-refractivity contribution in [2.45, 2.75) is 31.7 Å². The maximum Gasteiger partial charge on any atom is 0.303 e. The van der Waals surface area contributed by atoms with Crippen LogP contribution in [0.4, 0.5) is 4.39 Å². The van der Waals surface area contributed by atoms with Crippen LogP contribution >= 0.6 is 0 Å². The molecule has 0 spiro atoms. The highest BCUT2D eigenvalue weighted by Gasteiger charge is 2.46. The average molecular weight is 457 g/mol. The van der Waals surface area contributed by atoms with Gasteiger partial charge in [-0.25, -0.2) is 4.39 Å². The summed E-state index contributed by atoms with van der Waals surface area (Å²) in [5.74, 6) is -3.59. The summed E-state index contributed by atoms with van der Waals surface area (Å²) in [5, 5.41) is 29.7. The normalized spacial score (nSPS) is 17.4. The molecule has 1 saturated heterocycles. The highest BCUT2D eigenvalue weighted by molar-refractivity contribution is 6.46. The number of benzene rings is 2. The molecule has 1 heterocycles. The summed E-state index contributed by atoms with van der Waals surface area (Å²) in [6.45, 7) is 0.151. The first-order valence-electron chi connectivity index (χ1n) is 10.4. The quantitative estimate of drug-likeness (QED) is 0.227. The molecule has 8 nitrogen and oxygen atoms in total. The lowest BCUT2D eigenvalue weighted by atomic mass is 9.95. The van der Waals surface area contributed by atoms with Crippen molar-refractivity contribution in [3.63, 3.8) is 0 Å². The van der Waals surface area contributed by atoms with Gasteiger partial charge in [-0.2, -0.15) is 0 Å². The molecule has 9 heteroatoms. The van der Waals surface area contributed by atoms with E-state index in [1.807, 2.05) is 0 Å². The lowest BCUT2D eigenvalue weighted by Crippen LogP contribution is -2.30. The number of carboxylic acids is 1. The largest absolute Gasteiger partial charge is 0.507 e. The van der Waals surface area contributed by atoms with Crippen LogP contribution in [0.15, 0.2) is 48.0 Å². The number of likely N-dealkylation sites (tertiary alicyclic amines) is 1. The fraction of sp³-hybridized carbons (Fsp3) is 0.292. The van der Waals surface area contributed by atoms with Crippen LogP contribution in [0.25, 0.3) is 5.76 Å². The SMILES string of the molecule is COc1cc([C@H]2C(=C(O)c3ccc(F)cc3)C(=O)C(=O)N2CCCCCC(=O)O)ccc1O. The predicted octanol–water partition coefficient (Wildman–Crippen LogP) is 3.61. The summed E-state index contributed by atoms with van der Waals surface area (Å²) in [7, 11) is 1.36. The topological polar surface area (TPSA) is 124 Å². The predicted molar refractivity (Wildman–Crippen MR) is 116 cm³/mol. The van der Waals surface area contributed by atoms with E-state index in [0.29, 0.717) is 24.8 Å². The number of halogens is 1. The molecule has 0 unspecified atom stereocenters. The Labute approximate surface area is 189 Å². The number of phenols is 1. The summed E-state index contributed by atoms with van der Waals surface area (Å²) in [6, 6.07) is 8.25. The van der Waals surface area contributed by atoms with Crippen molar-refractivity contribution in [1.29, 1.82) is 0 Å². The number of phenolic OH excluding ortho intramolecular Hbond substituents is 1. The van der Waals surface area contributed by atoms with Gasteiger partial charge in [0.05, 0.1) is 18.7 Å². The minimum absolute atomic E-state index is 0.00196. The number of ether oxygens (including phenoxy) is 1. The summed E-state index contributed by atoms with van der Waals surface area (Å²) in [4.78, 5) is 37.8. The van der Waals surface area contributed by atoms with Crippen molar-refractivity contribution >= 4 is 23.4 Å². The van der Waals surface area contributed by atoms with Crippen molar-refractivity contribution in [2.75, 3.05) is 13.7 Å². The first-order valence-corrected chi connectivity index (χ1v) is 10.4. The Hall–Kier alpha value is -3.88. The van der Waals surface area contributed by atoms with Gasteiger partial charge in [0.15, 0.2) is 11.5 Å². The van der Waals surface area contributed by atoms with Crippen LogP contribution in [0.2, 0.25) is 0 Å². The number of aliphatic hydroxyl groups is 1. The third-order valence-corrected chi connectivity index (χ3v) is 5.47. The molecule has 1 fully saturated rings. The molecule has 33 heavy (non-hydrogen) atoms. The zero-order chi connectivity index (χ0) is 24.1. The standard InChI is InChI=1S/C24H24FNO7/c1-33-18-13-15(8-11-17(18)27)21-20(22(30)14-6-9-16(25)10-7-14)23(31)24(32)26(21)12-4-2-3-5-19(28)29/h6-11,13,21,27,30H,2-5,12H2,1H3,(H,28,29)/t21-/m0/s1. The molecule has 0 saturated carbocycles. The number of Topliss-reactive ketones (excluding diaryl/α,β-unsaturated/α-hetero) is 1. The van der Waals surface area contributed by atoms with Gasteiger partial charge in [0.2, 0.25) is 0 Å². The van der Waals surface area contributed by atoms with Gasteiger partial charge in [-0.15, -0.1) is 0 Å². The minimum atomic E-state index is -0.968. The number of hydrogen-bond acceptors (Lipinski definition) is 6. The van der Waals surface area contributed by atoms with Gasteiger partial charge in [-0.3, -0.25) is 14.4 Å². The third kappa shape index (κ3) is 5.14. The van der Waals surface area contributed by atoms with E-state index in [2.05, 4.69) is 0 Å². The van der Waals surface area contributed by atoms with Crippen LogP contribution in [-0.4, -0.2) is 51.5 Å². The molecular formula is C24H24FNO7. The van der Waals surface area contributed by atoms with Crippen LogP contribution in [0.5, 0.6) is 11.5 Å². The van der Waals surface area contributed by atoms with Gasteiger partial charge in [0.25, 0.3) is 11.7 Å². The lowest BCUT2D eigenvalue weighted by Gasteiger charge is -2.25. The second kappa shape index (κ2) is 10.2. The second-order valence-electron chi connectivity index (χ2n) is 7.64. The van der Waals surface area contributed by atoms with Gasteiger partial charge < -0.3 is 25.0 Å². The van der Waals surface area contributed by atoms with Crippen LogP contribution in [0.1, 0.15) is 42.9 Å². The Morgan fingerprint density at radius 2 is 1.76 bits per heavy atom. The molecule has 1 aliphatic rings. The fourth-order valence-electron chi connectivity index (χ4n) is 3.82. The van der Waals surface area contributed by atoms with Crippen molar-refractivity contribution in [3.05, 3.63) is 65.0 Å².